The molecule has 7 heteroatoms. The number of anilines is 1. The van der Waals surface area contributed by atoms with E-state index in [4.69, 9.17) is 4.74 Å². The Balaban J connectivity index is 1.62. The summed E-state index contributed by atoms with van der Waals surface area (Å²) in [7, 11) is 0. The Hall–Kier alpha value is -4.78. The molecule has 5 rings (SSSR count). The minimum Gasteiger partial charge on any atom is -0.507 e. The summed E-state index contributed by atoms with van der Waals surface area (Å²) >= 11 is 0. The lowest BCUT2D eigenvalue weighted by molar-refractivity contribution is -0.132. The van der Waals surface area contributed by atoms with Gasteiger partial charge in [0, 0.05) is 17.4 Å². The third-order valence-corrected chi connectivity index (χ3v) is 6.16. The number of aliphatic hydroxyl groups is 1. The van der Waals surface area contributed by atoms with Crippen LogP contribution in [0.2, 0.25) is 0 Å². The zero-order valence-corrected chi connectivity index (χ0v) is 20.3. The van der Waals surface area contributed by atoms with E-state index in [2.05, 4.69) is 4.98 Å². The maximum absolute atomic E-state index is 13.3. The Morgan fingerprint density at radius 3 is 2.24 bits per heavy atom. The first-order chi connectivity index (χ1) is 17.8. The van der Waals surface area contributed by atoms with Gasteiger partial charge in [0.05, 0.1) is 22.9 Å². The number of carbonyl (C=O) groups is 3. The average molecular weight is 493 g/mol. The van der Waals surface area contributed by atoms with E-state index in [-0.39, 0.29) is 17.4 Å². The minimum absolute atomic E-state index is 0.0534. The van der Waals surface area contributed by atoms with E-state index in [1.807, 2.05) is 30.3 Å². The molecule has 1 saturated heterocycles. The summed E-state index contributed by atoms with van der Waals surface area (Å²) in [6.07, 6.45) is 1.29. The molecule has 0 aliphatic carbocycles. The van der Waals surface area contributed by atoms with Gasteiger partial charge >= 0.3 is 5.97 Å². The molecule has 37 heavy (non-hydrogen) atoms. The molecular formula is C30H24N2O5. The zero-order valence-electron chi connectivity index (χ0n) is 20.3. The largest absolute Gasteiger partial charge is 0.507 e. The first kappa shape index (κ1) is 23.9. The highest BCUT2D eigenvalue weighted by Crippen LogP contribution is 2.41. The third kappa shape index (κ3) is 4.47. The first-order valence-electron chi connectivity index (χ1n) is 11.9. The van der Waals surface area contributed by atoms with Gasteiger partial charge < -0.3 is 9.84 Å². The number of benzene rings is 3. The van der Waals surface area contributed by atoms with Gasteiger partial charge in [0.25, 0.3) is 11.7 Å². The van der Waals surface area contributed by atoms with Crippen molar-refractivity contribution in [3.05, 3.63) is 114 Å². The van der Waals surface area contributed by atoms with E-state index in [0.29, 0.717) is 22.5 Å². The van der Waals surface area contributed by atoms with Gasteiger partial charge in [0.1, 0.15) is 11.8 Å². The number of Topliss-reactive ketones (excluding diaryl/α,β-unsaturated/α-hetero) is 1. The van der Waals surface area contributed by atoms with Crippen LogP contribution in [0.4, 0.5) is 5.69 Å². The summed E-state index contributed by atoms with van der Waals surface area (Å²) in [6.45, 7) is 3.52. The fraction of sp³-hybridized carbons (Fsp3) is 0.133. The molecular weight excluding hydrogens is 468 g/mol. The Morgan fingerprint density at radius 1 is 0.892 bits per heavy atom. The van der Waals surface area contributed by atoms with Gasteiger partial charge in [-0.1, -0.05) is 42.5 Å². The van der Waals surface area contributed by atoms with E-state index in [1.54, 1.807) is 62.5 Å². The van der Waals surface area contributed by atoms with Crippen LogP contribution in [0.25, 0.3) is 16.5 Å². The molecule has 1 atom stereocenters. The Kier molecular flexibility index (Phi) is 6.27. The van der Waals surface area contributed by atoms with Crippen LogP contribution in [0.5, 0.6) is 0 Å². The molecule has 1 aliphatic rings. The van der Waals surface area contributed by atoms with E-state index in [1.165, 1.54) is 17.0 Å². The number of nitrogens with zero attached hydrogens (tertiary/aromatic N) is 2. The molecule has 0 spiro atoms. The molecule has 7 nitrogen and oxygen atoms in total. The minimum atomic E-state index is -0.957. The van der Waals surface area contributed by atoms with Crippen LogP contribution in [-0.2, 0) is 14.3 Å². The second-order valence-electron chi connectivity index (χ2n) is 8.99. The number of hydrogen-bond donors (Lipinski definition) is 1. The van der Waals surface area contributed by atoms with Gasteiger partial charge in [-0.05, 0) is 67.1 Å². The molecule has 4 aromatic rings. The van der Waals surface area contributed by atoms with Gasteiger partial charge in [-0.3, -0.25) is 19.5 Å². The Bertz CT molecular complexity index is 1540. The van der Waals surface area contributed by atoms with E-state index < -0.39 is 23.7 Å². The van der Waals surface area contributed by atoms with Gasteiger partial charge in [0.2, 0.25) is 0 Å². The van der Waals surface area contributed by atoms with E-state index >= 15 is 0 Å². The number of aliphatic hydroxyl groups excluding tert-OH is 1. The number of fused-ring (bicyclic) bond motifs is 1. The number of hydrogen-bond acceptors (Lipinski definition) is 6. The van der Waals surface area contributed by atoms with Crippen molar-refractivity contribution in [2.24, 2.45) is 0 Å². The van der Waals surface area contributed by atoms with Crippen LogP contribution in [0.3, 0.4) is 0 Å². The lowest BCUT2D eigenvalue weighted by Crippen LogP contribution is -2.29. The van der Waals surface area contributed by atoms with Crippen molar-refractivity contribution in [3.8, 4) is 0 Å². The van der Waals surface area contributed by atoms with Crippen molar-refractivity contribution in [3.63, 3.8) is 0 Å². The molecule has 2 heterocycles. The maximum Gasteiger partial charge on any atom is 0.338 e. The molecule has 3 aromatic carbocycles. The lowest BCUT2D eigenvalue weighted by Gasteiger charge is -2.24. The fourth-order valence-electron chi connectivity index (χ4n) is 4.45. The Morgan fingerprint density at radius 2 is 1.57 bits per heavy atom. The predicted octanol–water partition coefficient (Wildman–Crippen LogP) is 5.43. The third-order valence-electron chi connectivity index (χ3n) is 6.16. The van der Waals surface area contributed by atoms with Crippen molar-refractivity contribution in [2.75, 3.05) is 4.90 Å². The first-order valence-corrected chi connectivity index (χ1v) is 11.9. The molecule has 0 saturated carbocycles. The number of carbonyl (C=O) groups excluding carboxylic acids is 3. The number of esters is 1. The molecule has 1 fully saturated rings. The van der Waals surface area contributed by atoms with Crippen LogP contribution in [0.15, 0.2) is 96.7 Å². The second-order valence-corrected chi connectivity index (χ2v) is 8.99. The number of ketones is 1. The number of rotatable bonds is 5. The number of aromatic nitrogens is 1. The van der Waals surface area contributed by atoms with Crippen molar-refractivity contribution in [1.29, 1.82) is 0 Å². The quantitative estimate of drug-likeness (QED) is 0.173. The second kappa shape index (κ2) is 9.70. The molecule has 1 aliphatic heterocycles. The standard InChI is InChI=1S/C30H24N2O5/c1-18(2)37-30(36)20-12-14-23(15-13-20)32-26(24-9-5-6-16-31-24)25(28(34)29(32)35)27(33)22-11-10-19-7-3-4-8-21(19)17-22/h3-18,26,33H,1-2H3/b27-25-. The normalized spacial score (nSPS) is 16.9. The lowest BCUT2D eigenvalue weighted by atomic mass is 9.97. The van der Waals surface area contributed by atoms with Crippen LogP contribution in [-0.4, -0.2) is 33.9 Å². The van der Waals surface area contributed by atoms with Crippen molar-refractivity contribution in [2.45, 2.75) is 26.0 Å². The van der Waals surface area contributed by atoms with Crippen LogP contribution >= 0.6 is 0 Å². The number of amides is 1. The SMILES string of the molecule is CC(C)OC(=O)c1ccc(N2C(=O)C(=O)/C(=C(\O)c3ccc4ccccc4c3)C2c2ccccn2)cc1. The van der Waals surface area contributed by atoms with Crippen molar-refractivity contribution in [1.82, 2.24) is 4.98 Å². The summed E-state index contributed by atoms with van der Waals surface area (Å²) in [4.78, 5) is 44.6. The van der Waals surface area contributed by atoms with Gasteiger partial charge in [-0.15, -0.1) is 0 Å². The molecule has 0 radical (unpaired) electrons. The highest BCUT2D eigenvalue weighted by Gasteiger charge is 2.47. The monoisotopic (exact) mass is 492 g/mol. The summed E-state index contributed by atoms with van der Waals surface area (Å²) in [5.74, 6) is -2.37. The van der Waals surface area contributed by atoms with Gasteiger partial charge in [0.15, 0.2) is 0 Å². The van der Waals surface area contributed by atoms with Crippen LogP contribution in [0.1, 0.15) is 41.5 Å². The molecule has 184 valence electrons. The van der Waals surface area contributed by atoms with Gasteiger partial charge in [-0.25, -0.2) is 4.79 Å². The summed E-state index contributed by atoms with van der Waals surface area (Å²) < 4.78 is 5.23. The summed E-state index contributed by atoms with van der Waals surface area (Å²) in [6, 6.07) is 23.5. The summed E-state index contributed by atoms with van der Waals surface area (Å²) in [5.41, 5.74) is 1.50. The molecule has 1 unspecified atom stereocenters. The topological polar surface area (TPSA) is 96.8 Å². The van der Waals surface area contributed by atoms with Crippen molar-refractivity contribution >= 4 is 39.9 Å². The van der Waals surface area contributed by atoms with E-state index in [0.717, 1.165) is 10.8 Å². The molecule has 0 bridgehead atoms. The van der Waals surface area contributed by atoms with E-state index in [9.17, 15) is 19.5 Å². The van der Waals surface area contributed by atoms with Crippen LogP contribution < -0.4 is 4.90 Å². The zero-order chi connectivity index (χ0) is 26.1. The maximum atomic E-state index is 13.3. The fourth-order valence-corrected chi connectivity index (χ4v) is 4.45. The predicted molar refractivity (Wildman–Crippen MR) is 140 cm³/mol. The highest BCUT2D eigenvalue weighted by molar-refractivity contribution is 6.51. The molecule has 1 amide bonds. The number of pyridine rings is 1. The number of ether oxygens (including phenoxy) is 1. The highest BCUT2D eigenvalue weighted by atomic mass is 16.5. The van der Waals surface area contributed by atoms with Crippen molar-refractivity contribution < 1.29 is 24.2 Å². The smallest absolute Gasteiger partial charge is 0.338 e. The van der Waals surface area contributed by atoms with Crippen LogP contribution in [0, 0.1) is 0 Å². The average Bonchev–Trinajstić information content (AvgIpc) is 3.18. The summed E-state index contributed by atoms with van der Waals surface area (Å²) in [5, 5.41) is 13.2. The van der Waals surface area contributed by atoms with Gasteiger partial charge in [-0.2, -0.15) is 0 Å². The Labute approximate surface area is 213 Å². The molecule has 1 aromatic heterocycles. The molecule has 1 N–H and O–H groups in total.